The molecule has 6 rings (SSSR count). The van der Waals surface area contributed by atoms with Crippen molar-refractivity contribution in [2.75, 3.05) is 52.8 Å². The number of aliphatic hydroxyl groups is 19. The summed E-state index contributed by atoms with van der Waals surface area (Å²) in [6, 6.07) is 0. The van der Waals surface area contributed by atoms with Gasteiger partial charge in [0.2, 0.25) is 0 Å². The average Bonchev–Trinajstić information content (AvgIpc) is 3.38. The van der Waals surface area contributed by atoms with E-state index >= 15 is 0 Å². The van der Waals surface area contributed by atoms with E-state index in [2.05, 4.69) is 0 Å². The molecular formula is C41H73NO31. The first kappa shape index (κ1) is 60.9. The van der Waals surface area contributed by atoms with Crippen LogP contribution in [0.15, 0.2) is 0 Å². The summed E-state index contributed by atoms with van der Waals surface area (Å²) in [5.74, 6) is 0. The minimum Gasteiger partial charge on any atom is -0.394 e. The van der Waals surface area contributed by atoms with Gasteiger partial charge in [-0.15, -0.1) is 0 Å². The van der Waals surface area contributed by atoms with E-state index in [1.54, 1.807) is 0 Å². The number of unbranched alkanes of at least 4 members (excludes halogenated alkanes) is 2. The molecule has 0 spiro atoms. The zero-order valence-corrected chi connectivity index (χ0v) is 39.1. The highest BCUT2D eigenvalue weighted by molar-refractivity contribution is 5.00. The number of ether oxygens (including phenoxy) is 12. The summed E-state index contributed by atoms with van der Waals surface area (Å²) in [5, 5.41) is 204. The molecule has 30 atom stereocenters. The number of aliphatic hydroxyl groups excluding tert-OH is 19. The third-order valence-electron chi connectivity index (χ3n) is 13.5. The van der Waals surface area contributed by atoms with Gasteiger partial charge in [0, 0.05) is 6.61 Å². The molecule has 0 amide bonds. The van der Waals surface area contributed by atoms with Crippen molar-refractivity contribution in [3.05, 3.63) is 0 Å². The van der Waals surface area contributed by atoms with E-state index < -0.39 is 224 Å². The van der Waals surface area contributed by atoms with Gasteiger partial charge in [0.15, 0.2) is 37.7 Å². The lowest BCUT2D eigenvalue weighted by molar-refractivity contribution is -0.398. The molecule has 6 aliphatic heterocycles. The summed E-state index contributed by atoms with van der Waals surface area (Å²) in [4.78, 5) is 0. The lowest BCUT2D eigenvalue weighted by atomic mass is 9.95. The van der Waals surface area contributed by atoms with Crippen LogP contribution >= 0.6 is 0 Å². The van der Waals surface area contributed by atoms with Crippen molar-refractivity contribution in [3.63, 3.8) is 0 Å². The highest BCUT2D eigenvalue weighted by Crippen LogP contribution is 2.37. The maximum Gasteiger partial charge on any atom is 0.187 e. The topological polar surface area (TPSA) is 521 Å². The standard InChI is InChI=1S/C41H73NO31/c42-4-2-1-3-5-62-36-26(57)31(19(50)13(7-44)63-36)70-38-28(59)33(21(52)15(9-46)65-38)72-40-30(61)35(23(54)17(11-48)67-40)73-41-29(60)34(22(53)16(10-47)68-41)71-39-27(58)32(20(51)14(8-45)66-39)69-37-25(56)24(55)18(49)12(6-43)64-37/h12-41,43-61H,1-11,42H2. The molecule has 428 valence electrons. The molecular weight excluding hydrogens is 1000 g/mol. The number of hydrogen-bond donors (Lipinski definition) is 20. The van der Waals surface area contributed by atoms with Gasteiger partial charge in [-0.2, -0.15) is 0 Å². The molecule has 32 nitrogen and oxygen atoms in total. The third-order valence-corrected chi connectivity index (χ3v) is 13.5. The predicted molar refractivity (Wildman–Crippen MR) is 226 cm³/mol. The van der Waals surface area contributed by atoms with Crippen molar-refractivity contribution in [1.82, 2.24) is 0 Å². The SMILES string of the molecule is NCCCCCOC1OC(CO)C(O)C(OC2OC(CO)C(O)C(OC3OC(CO)C(O)C(OC4OC(CO)C(O)C(OC5OC(CO)C(O)C(OC6OC(CO)C(O)C(O)C6O)C5O)C4O)C3O)C2O)C1O. The van der Waals surface area contributed by atoms with Crippen LogP contribution in [0.1, 0.15) is 19.3 Å². The maximum absolute atomic E-state index is 11.7. The van der Waals surface area contributed by atoms with Crippen molar-refractivity contribution < 1.29 is 154 Å². The molecule has 0 aliphatic carbocycles. The van der Waals surface area contributed by atoms with Crippen molar-refractivity contribution >= 4 is 0 Å². The molecule has 30 unspecified atom stereocenters. The Morgan fingerprint density at radius 1 is 0.274 bits per heavy atom. The third kappa shape index (κ3) is 13.4. The Bertz CT molecular complexity index is 1620. The molecule has 0 saturated carbocycles. The monoisotopic (exact) mass is 1080 g/mol. The first-order valence-electron chi connectivity index (χ1n) is 23.8. The van der Waals surface area contributed by atoms with Gasteiger partial charge in [0.05, 0.1) is 39.6 Å². The van der Waals surface area contributed by atoms with Crippen LogP contribution in [-0.2, 0) is 56.8 Å². The van der Waals surface area contributed by atoms with Gasteiger partial charge in [-0.25, -0.2) is 0 Å². The van der Waals surface area contributed by atoms with Crippen molar-refractivity contribution in [2.24, 2.45) is 5.73 Å². The highest BCUT2D eigenvalue weighted by atomic mass is 16.8. The molecule has 6 heterocycles. The molecule has 6 saturated heterocycles. The van der Waals surface area contributed by atoms with Gasteiger partial charge in [0.25, 0.3) is 0 Å². The Hall–Kier alpha value is -1.28. The van der Waals surface area contributed by atoms with E-state index in [4.69, 9.17) is 62.6 Å². The van der Waals surface area contributed by atoms with Crippen molar-refractivity contribution in [1.29, 1.82) is 0 Å². The van der Waals surface area contributed by atoms with Gasteiger partial charge in [-0.3, -0.25) is 0 Å². The maximum atomic E-state index is 11.7. The normalized spacial score (nSPS) is 50.0. The van der Waals surface area contributed by atoms with Crippen molar-refractivity contribution in [3.8, 4) is 0 Å². The Kier molecular flexibility index (Phi) is 23.0. The zero-order chi connectivity index (χ0) is 53.6. The Morgan fingerprint density at radius 3 is 0.795 bits per heavy atom. The summed E-state index contributed by atoms with van der Waals surface area (Å²) < 4.78 is 67.5. The first-order valence-corrected chi connectivity index (χ1v) is 23.8. The molecule has 6 fully saturated rings. The molecule has 6 aliphatic rings. The Morgan fingerprint density at radius 2 is 0.521 bits per heavy atom. The smallest absolute Gasteiger partial charge is 0.187 e. The predicted octanol–water partition coefficient (Wildman–Crippen LogP) is -12.9. The van der Waals surface area contributed by atoms with E-state index in [1.165, 1.54) is 0 Å². The average molecular weight is 1080 g/mol. The molecule has 0 bridgehead atoms. The molecule has 0 radical (unpaired) electrons. The molecule has 0 aromatic heterocycles. The second-order valence-corrected chi connectivity index (χ2v) is 18.5. The van der Waals surface area contributed by atoms with Gasteiger partial charge in [0.1, 0.15) is 146 Å². The summed E-state index contributed by atoms with van der Waals surface area (Å²) in [5.41, 5.74) is 5.53. The van der Waals surface area contributed by atoms with E-state index in [0.29, 0.717) is 25.8 Å². The van der Waals surface area contributed by atoms with Crippen molar-refractivity contribution in [2.45, 2.75) is 203 Å². The fourth-order valence-electron chi connectivity index (χ4n) is 9.23. The van der Waals surface area contributed by atoms with Crippen LogP contribution in [0.4, 0.5) is 0 Å². The molecule has 73 heavy (non-hydrogen) atoms. The lowest BCUT2D eigenvalue weighted by Gasteiger charge is -2.50. The summed E-state index contributed by atoms with van der Waals surface area (Å²) in [7, 11) is 0. The number of rotatable bonds is 22. The second-order valence-electron chi connectivity index (χ2n) is 18.5. The van der Waals surface area contributed by atoms with Crippen LogP contribution in [0.25, 0.3) is 0 Å². The molecule has 21 N–H and O–H groups in total. The van der Waals surface area contributed by atoms with E-state index in [-0.39, 0.29) is 6.61 Å². The van der Waals surface area contributed by atoms with Gasteiger partial charge in [-0.05, 0) is 25.8 Å². The fourth-order valence-corrected chi connectivity index (χ4v) is 9.23. The molecule has 32 heteroatoms. The van der Waals surface area contributed by atoms with Gasteiger partial charge < -0.3 is 160 Å². The van der Waals surface area contributed by atoms with Crippen LogP contribution in [-0.4, -0.2) is 334 Å². The second kappa shape index (κ2) is 27.5. The Balaban J connectivity index is 1.17. The van der Waals surface area contributed by atoms with Crippen LogP contribution in [0.2, 0.25) is 0 Å². The lowest BCUT2D eigenvalue weighted by Crippen LogP contribution is -2.68. The van der Waals surface area contributed by atoms with E-state index in [1.807, 2.05) is 0 Å². The van der Waals surface area contributed by atoms with Crippen LogP contribution < -0.4 is 5.73 Å². The van der Waals surface area contributed by atoms with Gasteiger partial charge in [-0.1, -0.05) is 0 Å². The zero-order valence-electron chi connectivity index (χ0n) is 39.1. The van der Waals surface area contributed by atoms with E-state index in [9.17, 15) is 97.0 Å². The van der Waals surface area contributed by atoms with Gasteiger partial charge >= 0.3 is 0 Å². The minimum atomic E-state index is -2.25. The largest absolute Gasteiger partial charge is 0.394 e. The van der Waals surface area contributed by atoms with Crippen LogP contribution in [0.3, 0.4) is 0 Å². The quantitative estimate of drug-likeness (QED) is 0.0448. The van der Waals surface area contributed by atoms with Crippen LogP contribution in [0, 0.1) is 0 Å². The first-order chi connectivity index (χ1) is 34.8. The number of hydrogen-bond acceptors (Lipinski definition) is 32. The molecule has 0 aromatic carbocycles. The minimum absolute atomic E-state index is 0.0644. The summed E-state index contributed by atoms with van der Waals surface area (Å²) in [6.45, 7) is -5.18. The fraction of sp³-hybridized carbons (Fsp3) is 1.00. The summed E-state index contributed by atoms with van der Waals surface area (Å²) in [6.07, 6.45) is -55.5. The highest BCUT2D eigenvalue weighted by Gasteiger charge is 2.58. The molecule has 0 aromatic rings. The number of nitrogens with two attached hydrogens (primary N) is 1. The summed E-state index contributed by atoms with van der Waals surface area (Å²) >= 11 is 0. The Labute approximate surface area is 415 Å². The van der Waals surface area contributed by atoms with Crippen LogP contribution in [0.5, 0.6) is 0 Å². The van der Waals surface area contributed by atoms with E-state index in [0.717, 1.165) is 0 Å².